The van der Waals surface area contributed by atoms with E-state index < -0.39 is 6.10 Å². The molecule has 310 valence electrons. The highest BCUT2D eigenvalue weighted by molar-refractivity contribution is 5.70. The van der Waals surface area contributed by atoms with Crippen LogP contribution < -0.4 is 0 Å². The topological polar surface area (TPSA) is 72.8 Å². The van der Waals surface area contributed by atoms with E-state index in [-0.39, 0.29) is 31.6 Å². The summed E-state index contributed by atoms with van der Waals surface area (Å²) in [5.74, 6) is -0.686. The quantitative estimate of drug-likeness (QED) is 0.0383. The van der Waals surface area contributed by atoms with Crippen LogP contribution in [0.1, 0.15) is 206 Å². The van der Waals surface area contributed by atoms with Crippen molar-refractivity contribution in [1.82, 2.24) is 0 Å². The highest BCUT2D eigenvalue weighted by atomic mass is 16.6. The fourth-order valence-corrected chi connectivity index (χ4v) is 6.17. The van der Waals surface area contributed by atoms with Gasteiger partial charge in [0.2, 0.25) is 0 Å². The molecule has 0 bridgehead atoms. The predicted molar refractivity (Wildman–Crippen MR) is 233 cm³/mol. The van der Waals surface area contributed by atoms with Crippen LogP contribution >= 0.6 is 0 Å². The average Bonchev–Trinajstić information content (AvgIpc) is 3.17. The van der Waals surface area contributed by atoms with Crippen LogP contribution in [0, 0.1) is 0 Å². The lowest BCUT2D eigenvalue weighted by Crippen LogP contribution is -2.28. The SMILES string of the molecule is CCC=CCC=CCC=CCC=CCC=CCC=CCCC(=O)OC[C@H](CO)OC(=O)CCCCCCCCCCCCCCCCCCCCCCC. The molecule has 0 aliphatic rings. The summed E-state index contributed by atoms with van der Waals surface area (Å²) in [6, 6.07) is 0. The van der Waals surface area contributed by atoms with Crippen LogP contribution in [0.3, 0.4) is 0 Å². The number of esters is 2. The van der Waals surface area contributed by atoms with Gasteiger partial charge in [-0.25, -0.2) is 0 Å². The van der Waals surface area contributed by atoms with E-state index in [1.54, 1.807) is 0 Å². The minimum absolute atomic E-state index is 0.107. The molecule has 5 nitrogen and oxygen atoms in total. The third-order valence-corrected chi connectivity index (χ3v) is 9.53. The number of rotatable bonds is 40. The van der Waals surface area contributed by atoms with Crippen molar-refractivity contribution < 1.29 is 24.2 Å². The molecule has 0 unspecified atom stereocenters. The van der Waals surface area contributed by atoms with Crippen LogP contribution in [-0.4, -0.2) is 36.4 Å². The molecule has 0 heterocycles. The number of allylic oxidation sites excluding steroid dienone is 12. The first-order valence-corrected chi connectivity index (χ1v) is 22.5. The Balaban J connectivity index is 3.62. The second kappa shape index (κ2) is 44.7. The number of hydrogen-bond acceptors (Lipinski definition) is 5. The highest BCUT2D eigenvalue weighted by Gasteiger charge is 2.15. The van der Waals surface area contributed by atoms with Crippen molar-refractivity contribution in [2.45, 2.75) is 213 Å². The molecule has 0 saturated carbocycles. The fourth-order valence-electron chi connectivity index (χ4n) is 6.17. The Morgan fingerprint density at radius 3 is 1.17 bits per heavy atom. The van der Waals surface area contributed by atoms with Crippen LogP contribution in [0.2, 0.25) is 0 Å². The van der Waals surface area contributed by atoms with Gasteiger partial charge in [0.1, 0.15) is 6.61 Å². The van der Waals surface area contributed by atoms with Gasteiger partial charge in [0.15, 0.2) is 6.10 Å². The number of carbonyl (C=O) groups is 2. The standard InChI is InChI=1S/C49H84O5/c1-3-5-7-9-11-13-15-17-19-21-23-24-26-28-30-32-34-36-38-40-42-44-49(52)54-47(45-50)46-53-48(51)43-41-39-37-35-33-31-29-27-25-22-20-18-16-14-12-10-8-6-4-2/h6,8,12,14,18,20,25,27,31,33,37,39,47,50H,3-5,7,9-11,13,15-17,19,21-24,26,28-30,32,34-36,38,40-46H2,1-2H3/t47-/m0/s1. The van der Waals surface area contributed by atoms with Gasteiger partial charge >= 0.3 is 11.9 Å². The molecule has 1 N–H and O–H groups in total. The van der Waals surface area contributed by atoms with Gasteiger partial charge in [0, 0.05) is 12.8 Å². The number of aliphatic hydroxyl groups is 1. The smallest absolute Gasteiger partial charge is 0.306 e. The Bertz CT molecular complexity index is 988. The Kier molecular flexibility index (Phi) is 42.5. The van der Waals surface area contributed by atoms with Crippen molar-refractivity contribution in [2.24, 2.45) is 0 Å². The van der Waals surface area contributed by atoms with Gasteiger partial charge in [0.05, 0.1) is 6.61 Å². The minimum Gasteiger partial charge on any atom is -0.462 e. The van der Waals surface area contributed by atoms with Gasteiger partial charge in [-0.15, -0.1) is 0 Å². The monoisotopic (exact) mass is 753 g/mol. The van der Waals surface area contributed by atoms with Crippen molar-refractivity contribution in [3.8, 4) is 0 Å². The molecule has 0 amide bonds. The fraction of sp³-hybridized carbons (Fsp3) is 0.714. The molecular weight excluding hydrogens is 669 g/mol. The lowest BCUT2D eigenvalue weighted by Gasteiger charge is -2.15. The second-order valence-corrected chi connectivity index (χ2v) is 14.8. The van der Waals surface area contributed by atoms with E-state index in [1.807, 2.05) is 12.2 Å². The minimum atomic E-state index is -0.803. The molecular formula is C49H84O5. The van der Waals surface area contributed by atoms with Gasteiger partial charge in [-0.1, -0.05) is 215 Å². The average molecular weight is 753 g/mol. The van der Waals surface area contributed by atoms with Crippen LogP contribution in [0.4, 0.5) is 0 Å². The molecule has 54 heavy (non-hydrogen) atoms. The summed E-state index contributed by atoms with van der Waals surface area (Å²) in [6.45, 7) is 3.97. The molecule has 0 aromatic carbocycles. The van der Waals surface area contributed by atoms with Crippen LogP contribution in [0.15, 0.2) is 72.9 Å². The Morgan fingerprint density at radius 1 is 0.444 bits per heavy atom. The maximum atomic E-state index is 12.2. The maximum Gasteiger partial charge on any atom is 0.306 e. The molecule has 0 aromatic rings. The first kappa shape index (κ1) is 51.3. The van der Waals surface area contributed by atoms with Gasteiger partial charge in [-0.3, -0.25) is 9.59 Å². The number of carbonyl (C=O) groups excluding carboxylic acids is 2. The van der Waals surface area contributed by atoms with Crippen LogP contribution in [0.5, 0.6) is 0 Å². The number of hydrogen-bond donors (Lipinski definition) is 1. The van der Waals surface area contributed by atoms with Crippen molar-refractivity contribution in [3.63, 3.8) is 0 Å². The molecule has 0 saturated heterocycles. The maximum absolute atomic E-state index is 12.2. The molecule has 0 spiro atoms. The summed E-state index contributed by atoms with van der Waals surface area (Å²) in [5, 5.41) is 9.58. The molecule has 0 aliphatic carbocycles. The second-order valence-electron chi connectivity index (χ2n) is 14.8. The summed E-state index contributed by atoms with van der Waals surface area (Å²) in [7, 11) is 0. The van der Waals surface area contributed by atoms with Crippen molar-refractivity contribution in [1.29, 1.82) is 0 Å². The summed E-state index contributed by atoms with van der Waals surface area (Å²) in [4.78, 5) is 24.3. The van der Waals surface area contributed by atoms with E-state index >= 15 is 0 Å². The normalized spacial score (nSPS) is 12.9. The zero-order chi connectivity index (χ0) is 39.3. The van der Waals surface area contributed by atoms with E-state index in [9.17, 15) is 14.7 Å². The van der Waals surface area contributed by atoms with E-state index in [2.05, 4.69) is 74.6 Å². The van der Waals surface area contributed by atoms with E-state index in [0.717, 1.165) is 57.8 Å². The Morgan fingerprint density at radius 2 is 0.796 bits per heavy atom. The van der Waals surface area contributed by atoms with E-state index in [0.29, 0.717) is 12.8 Å². The Hall–Kier alpha value is -2.66. The van der Waals surface area contributed by atoms with Gasteiger partial charge in [-0.2, -0.15) is 0 Å². The summed E-state index contributed by atoms with van der Waals surface area (Å²) < 4.78 is 10.6. The number of ether oxygens (including phenoxy) is 2. The summed E-state index contributed by atoms with van der Waals surface area (Å²) >= 11 is 0. The molecule has 1 atom stereocenters. The van der Waals surface area contributed by atoms with Crippen molar-refractivity contribution in [3.05, 3.63) is 72.9 Å². The van der Waals surface area contributed by atoms with E-state index in [4.69, 9.17) is 9.47 Å². The van der Waals surface area contributed by atoms with E-state index in [1.165, 1.54) is 116 Å². The first-order chi connectivity index (χ1) is 26.6. The lowest BCUT2D eigenvalue weighted by molar-refractivity contribution is -0.161. The molecule has 0 rings (SSSR count). The molecule has 0 radical (unpaired) electrons. The van der Waals surface area contributed by atoms with Gasteiger partial charge in [0.25, 0.3) is 0 Å². The largest absolute Gasteiger partial charge is 0.462 e. The zero-order valence-corrected chi connectivity index (χ0v) is 35.2. The summed E-state index contributed by atoms with van der Waals surface area (Å²) in [5.41, 5.74) is 0. The summed E-state index contributed by atoms with van der Waals surface area (Å²) in [6.07, 6.45) is 59.9. The predicted octanol–water partition coefficient (Wildman–Crippen LogP) is 14.5. The number of unbranched alkanes of at least 4 members (excludes halogenated alkanes) is 20. The van der Waals surface area contributed by atoms with Crippen LogP contribution in [0.25, 0.3) is 0 Å². The lowest BCUT2D eigenvalue weighted by atomic mass is 10.0. The molecule has 0 fully saturated rings. The molecule has 0 aromatic heterocycles. The van der Waals surface area contributed by atoms with Gasteiger partial charge < -0.3 is 14.6 Å². The third-order valence-electron chi connectivity index (χ3n) is 9.53. The van der Waals surface area contributed by atoms with Crippen molar-refractivity contribution >= 4 is 11.9 Å². The molecule has 5 heteroatoms. The third kappa shape index (κ3) is 42.1. The molecule has 0 aliphatic heterocycles. The van der Waals surface area contributed by atoms with Gasteiger partial charge in [-0.05, 0) is 51.4 Å². The first-order valence-electron chi connectivity index (χ1n) is 22.5. The Labute approximate surface area is 333 Å². The zero-order valence-electron chi connectivity index (χ0n) is 35.2. The number of aliphatic hydroxyl groups excluding tert-OH is 1. The van der Waals surface area contributed by atoms with Crippen LogP contribution in [-0.2, 0) is 19.1 Å². The van der Waals surface area contributed by atoms with Crippen molar-refractivity contribution in [2.75, 3.05) is 13.2 Å². The highest BCUT2D eigenvalue weighted by Crippen LogP contribution is 2.15.